The van der Waals surface area contributed by atoms with Crippen molar-refractivity contribution in [1.82, 2.24) is 5.48 Å². The van der Waals surface area contributed by atoms with Crippen LogP contribution < -0.4 is 15.7 Å². The van der Waals surface area contributed by atoms with E-state index < -0.39 is 5.91 Å². The van der Waals surface area contributed by atoms with Crippen molar-refractivity contribution in [3.05, 3.63) is 59.7 Å². The van der Waals surface area contributed by atoms with E-state index in [0.717, 1.165) is 16.9 Å². The largest absolute Gasteiger partial charge is 0.356 e. The van der Waals surface area contributed by atoms with Gasteiger partial charge < -0.3 is 10.2 Å². The summed E-state index contributed by atoms with van der Waals surface area (Å²) in [4.78, 5) is 25.2. The molecule has 0 atom stereocenters. The number of hydrogen-bond donors (Lipinski definition) is 3. The topological polar surface area (TPSA) is 81.7 Å². The molecule has 1 heterocycles. The molecule has 6 heteroatoms. The summed E-state index contributed by atoms with van der Waals surface area (Å²) in [7, 11) is 0. The first-order valence-electron chi connectivity index (χ1n) is 6.84. The van der Waals surface area contributed by atoms with E-state index in [1.807, 2.05) is 35.2 Å². The van der Waals surface area contributed by atoms with Crippen LogP contribution in [-0.4, -0.2) is 23.6 Å². The van der Waals surface area contributed by atoms with Crippen LogP contribution in [0.2, 0.25) is 0 Å². The van der Waals surface area contributed by atoms with Crippen LogP contribution in [0.1, 0.15) is 15.9 Å². The molecule has 0 fully saturated rings. The second-order valence-electron chi connectivity index (χ2n) is 5.06. The molecule has 112 valence electrons. The molecule has 0 saturated heterocycles. The first-order chi connectivity index (χ1) is 10.7. The van der Waals surface area contributed by atoms with Gasteiger partial charge >= 0.3 is 0 Å². The van der Waals surface area contributed by atoms with E-state index in [2.05, 4.69) is 5.32 Å². The summed E-state index contributed by atoms with van der Waals surface area (Å²) in [5.74, 6) is -0.624. The maximum absolute atomic E-state index is 11.8. The standard InChI is InChI=1S/C16H15N3O3/c20-15-10-19(14-7-2-1-6-13(14)17-15)9-11-4-3-5-12(8-11)16(21)18-22/h1-8,22H,9-10H2,(H,17,20)(H,18,21). The molecule has 6 nitrogen and oxygen atoms in total. The summed E-state index contributed by atoms with van der Waals surface area (Å²) >= 11 is 0. The van der Waals surface area contributed by atoms with Crippen LogP contribution in [0.5, 0.6) is 0 Å². The van der Waals surface area contributed by atoms with Crippen LogP contribution in [0.3, 0.4) is 0 Å². The minimum absolute atomic E-state index is 0.0667. The van der Waals surface area contributed by atoms with E-state index in [9.17, 15) is 9.59 Å². The smallest absolute Gasteiger partial charge is 0.274 e. The lowest BCUT2D eigenvalue weighted by molar-refractivity contribution is -0.115. The fourth-order valence-electron chi connectivity index (χ4n) is 2.54. The van der Waals surface area contributed by atoms with Crippen molar-refractivity contribution >= 4 is 23.2 Å². The quantitative estimate of drug-likeness (QED) is 0.595. The molecule has 0 radical (unpaired) electrons. The number of anilines is 2. The van der Waals surface area contributed by atoms with Crippen LogP contribution in [-0.2, 0) is 11.3 Å². The van der Waals surface area contributed by atoms with E-state index >= 15 is 0 Å². The minimum atomic E-state index is -0.557. The number of nitrogens with zero attached hydrogens (tertiary/aromatic N) is 1. The number of carbonyl (C=O) groups is 2. The molecule has 2 aromatic rings. The van der Waals surface area contributed by atoms with Gasteiger partial charge in [0, 0.05) is 12.1 Å². The SMILES string of the molecule is O=C1CN(Cc2cccc(C(=O)NO)c2)c2ccccc2N1. The lowest BCUT2D eigenvalue weighted by Crippen LogP contribution is -2.37. The Hall–Kier alpha value is -2.86. The van der Waals surface area contributed by atoms with Gasteiger partial charge in [0.25, 0.3) is 5.91 Å². The van der Waals surface area contributed by atoms with Crippen LogP contribution in [0.25, 0.3) is 0 Å². The van der Waals surface area contributed by atoms with Crippen LogP contribution in [0, 0.1) is 0 Å². The fraction of sp³-hybridized carbons (Fsp3) is 0.125. The fourth-order valence-corrected chi connectivity index (χ4v) is 2.54. The van der Waals surface area contributed by atoms with Crippen molar-refractivity contribution in [1.29, 1.82) is 0 Å². The number of para-hydroxylation sites is 2. The van der Waals surface area contributed by atoms with Crippen LogP contribution >= 0.6 is 0 Å². The van der Waals surface area contributed by atoms with Crippen LogP contribution in [0.4, 0.5) is 11.4 Å². The Morgan fingerprint density at radius 3 is 2.86 bits per heavy atom. The predicted molar refractivity (Wildman–Crippen MR) is 81.8 cm³/mol. The number of amides is 2. The van der Waals surface area contributed by atoms with Gasteiger partial charge in [-0.25, -0.2) is 5.48 Å². The third-order valence-corrected chi connectivity index (χ3v) is 3.52. The maximum Gasteiger partial charge on any atom is 0.274 e. The van der Waals surface area contributed by atoms with E-state index in [1.54, 1.807) is 23.7 Å². The lowest BCUT2D eigenvalue weighted by Gasteiger charge is -2.31. The normalized spacial score (nSPS) is 13.3. The molecule has 3 N–H and O–H groups in total. The summed E-state index contributed by atoms with van der Waals surface area (Å²) in [5, 5.41) is 11.5. The highest BCUT2D eigenvalue weighted by Crippen LogP contribution is 2.30. The van der Waals surface area contributed by atoms with Crippen molar-refractivity contribution in [2.45, 2.75) is 6.54 Å². The highest BCUT2D eigenvalue weighted by molar-refractivity contribution is 6.01. The second kappa shape index (κ2) is 5.87. The first kappa shape index (κ1) is 14.1. The molecule has 1 aliphatic rings. The van der Waals surface area contributed by atoms with Gasteiger partial charge in [-0.15, -0.1) is 0 Å². The molecule has 0 unspecified atom stereocenters. The monoisotopic (exact) mass is 297 g/mol. The molecule has 2 aromatic carbocycles. The van der Waals surface area contributed by atoms with Gasteiger partial charge in [0.05, 0.1) is 17.9 Å². The van der Waals surface area contributed by atoms with Crippen molar-refractivity contribution in [2.75, 3.05) is 16.8 Å². The van der Waals surface area contributed by atoms with Gasteiger partial charge in [-0.3, -0.25) is 14.8 Å². The van der Waals surface area contributed by atoms with Gasteiger partial charge in [0.2, 0.25) is 5.91 Å². The molecular formula is C16H15N3O3. The Morgan fingerprint density at radius 1 is 1.23 bits per heavy atom. The second-order valence-corrected chi connectivity index (χ2v) is 5.06. The molecule has 3 rings (SSSR count). The van der Waals surface area contributed by atoms with Crippen LogP contribution in [0.15, 0.2) is 48.5 Å². The number of rotatable bonds is 3. The third kappa shape index (κ3) is 2.77. The summed E-state index contributed by atoms with van der Waals surface area (Å²) < 4.78 is 0. The van der Waals surface area contributed by atoms with Gasteiger partial charge in [0.1, 0.15) is 0 Å². The molecule has 0 aromatic heterocycles. The highest BCUT2D eigenvalue weighted by atomic mass is 16.5. The number of benzene rings is 2. The minimum Gasteiger partial charge on any atom is -0.356 e. The van der Waals surface area contributed by atoms with Gasteiger partial charge in [-0.05, 0) is 29.8 Å². The van der Waals surface area contributed by atoms with Gasteiger partial charge in [0.15, 0.2) is 0 Å². The molecule has 0 spiro atoms. The van der Waals surface area contributed by atoms with E-state index in [1.165, 1.54) is 0 Å². The zero-order valence-electron chi connectivity index (χ0n) is 11.7. The van der Waals surface area contributed by atoms with E-state index in [4.69, 9.17) is 5.21 Å². The zero-order chi connectivity index (χ0) is 15.5. The van der Waals surface area contributed by atoms with Crippen molar-refractivity contribution in [3.63, 3.8) is 0 Å². The van der Waals surface area contributed by atoms with Gasteiger partial charge in [-0.1, -0.05) is 24.3 Å². The third-order valence-electron chi connectivity index (χ3n) is 3.52. The summed E-state index contributed by atoms with van der Waals surface area (Å²) in [6.45, 7) is 0.754. The number of carbonyl (C=O) groups excluding carboxylic acids is 2. The average Bonchev–Trinajstić information content (AvgIpc) is 2.54. The predicted octanol–water partition coefficient (Wildman–Crippen LogP) is 1.76. The Kier molecular flexibility index (Phi) is 3.76. The van der Waals surface area contributed by atoms with Crippen molar-refractivity contribution in [2.24, 2.45) is 0 Å². The summed E-state index contributed by atoms with van der Waals surface area (Å²) in [6, 6.07) is 14.5. The molecule has 1 aliphatic heterocycles. The molecule has 0 saturated carbocycles. The van der Waals surface area contributed by atoms with Crippen molar-refractivity contribution < 1.29 is 14.8 Å². The number of nitrogens with one attached hydrogen (secondary N) is 2. The number of hydroxylamine groups is 1. The zero-order valence-corrected chi connectivity index (χ0v) is 11.7. The Bertz CT molecular complexity index is 730. The first-order valence-corrected chi connectivity index (χ1v) is 6.84. The van der Waals surface area contributed by atoms with E-state index in [0.29, 0.717) is 12.1 Å². The molecule has 22 heavy (non-hydrogen) atoms. The molecule has 2 amide bonds. The molecule has 0 aliphatic carbocycles. The van der Waals surface area contributed by atoms with E-state index in [-0.39, 0.29) is 12.5 Å². The summed E-state index contributed by atoms with van der Waals surface area (Å²) in [6.07, 6.45) is 0. The maximum atomic E-state index is 11.8. The number of hydrogen-bond acceptors (Lipinski definition) is 4. The number of fused-ring (bicyclic) bond motifs is 1. The highest BCUT2D eigenvalue weighted by Gasteiger charge is 2.21. The Morgan fingerprint density at radius 2 is 2.05 bits per heavy atom. The van der Waals surface area contributed by atoms with Crippen molar-refractivity contribution in [3.8, 4) is 0 Å². The Balaban J connectivity index is 1.87. The summed E-state index contributed by atoms with van der Waals surface area (Å²) in [5.41, 5.74) is 4.59. The molecular weight excluding hydrogens is 282 g/mol. The average molecular weight is 297 g/mol. The van der Waals surface area contributed by atoms with Gasteiger partial charge in [-0.2, -0.15) is 0 Å². The Labute approximate surface area is 127 Å². The molecule has 0 bridgehead atoms. The lowest BCUT2D eigenvalue weighted by atomic mass is 10.1.